The number of nitrogens with one attached hydrogen (secondary N) is 1. The Morgan fingerprint density at radius 3 is 2.32 bits per heavy atom. The van der Waals surface area contributed by atoms with Crippen molar-refractivity contribution in [1.82, 2.24) is 4.98 Å². The first-order valence-electron chi connectivity index (χ1n) is 8.44. The molecule has 0 saturated heterocycles. The maximum atomic E-state index is 12.2. The molecule has 3 nitrogen and oxygen atoms in total. The lowest BCUT2D eigenvalue weighted by Crippen LogP contribution is -2.13. The number of aromatic nitrogens is 1. The van der Waals surface area contributed by atoms with Crippen molar-refractivity contribution in [3.05, 3.63) is 87.8 Å². The SMILES string of the molecule is CC(C)(C)c1cc(Cc2ccccc2)c(O)c(-c2ccc[nH]c2=O)c1. The minimum Gasteiger partial charge on any atom is -0.507 e. The molecule has 1 aromatic heterocycles. The smallest absolute Gasteiger partial charge is 0.255 e. The van der Waals surface area contributed by atoms with Gasteiger partial charge in [0.05, 0.1) is 5.56 Å². The second kappa shape index (κ2) is 6.60. The Hall–Kier alpha value is -2.81. The van der Waals surface area contributed by atoms with E-state index >= 15 is 0 Å². The van der Waals surface area contributed by atoms with Crippen molar-refractivity contribution in [3.8, 4) is 16.9 Å². The van der Waals surface area contributed by atoms with Crippen LogP contribution in [0.4, 0.5) is 0 Å². The topological polar surface area (TPSA) is 53.1 Å². The van der Waals surface area contributed by atoms with E-state index in [2.05, 4.69) is 25.8 Å². The van der Waals surface area contributed by atoms with Crippen LogP contribution >= 0.6 is 0 Å². The Bertz CT molecular complexity index is 934. The minimum absolute atomic E-state index is 0.0879. The van der Waals surface area contributed by atoms with Gasteiger partial charge in [0.15, 0.2) is 0 Å². The summed E-state index contributed by atoms with van der Waals surface area (Å²) in [5, 5.41) is 10.9. The van der Waals surface area contributed by atoms with Gasteiger partial charge in [-0.3, -0.25) is 4.79 Å². The zero-order valence-electron chi connectivity index (χ0n) is 14.8. The van der Waals surface area contributed by atoms with Crippen molar-refractivity contribution in [2.24, 2.45) is 0 Å². The molecule has 0 bridgehead atoms. The van der Waals surface area contributed by atoms with Gasteiger partial charge < -0.3 is 10.1 Å². The van der Waals surface area contributed by atoms with Gasteiger partial charge in [-0.05, 0) is 40.3 Å². The number of pyridine rings is 1. The number of aromatic amines is 1. The Kier molecular flexibility index (Phi) is 4.49. The van der Waals surface area contributed by atoms with Crippen LogP contribution in [0.25, 0.3) is 11.1 Å². The lowest BCUT2D eigenvalue weighted by atomic mass is 9.83. The van der Waals surface area contributed by atoms with Crippen LogP contribution in [0.5, 0.6) is 5.75 Å². The highest BCUT2D eigenvalue weighted by molar-refractivity contribution is 5.72. The van der Waals surface area contributed by atoms with Crippen molar-refractivity contribution in [2.45, 2.75) is 32.6 Å². The molecule has 0 aliphatic heterocycles. The average molecular weight is 333 g/mol. The molecule has 3 rings (SSSR count). The number of hydrogen-bond acceptors (Lipinski definition) is 2. The summed E-state index contributed by atoms with van der Waals surface area (Å²) in [5.74, 6) is 0.175. The summed E-state index contributed by atoms with van der Waals surface area (Å²) in [4.78, 5) is 14.9. The van der Waals surface area contributed by atoms with Gasteiger partial charge >= 0.3 is 0 Å². The molecular weight excluding hydrogens is 310 g/mol. The molecule has 128 valence electrons. The number of rotatable bonds is 3. The van der Waals surface area contributed by atoms with E-state index in [-0.39, 0.29) is 16.7 Å². The molecule has 0 aliphatic rings. The van der Waals surface area contributed by atoms with Crippen molar-refractivity contribution < 1.29 is 5.11 Å². The number of benzene rings is 2. The fourth-order valence-corrected chi connectivity index (χ4v) is 2.92. The standard InChI is InChI=1S/C22H23NO2/c1-22(2,3)17-13-16(12-15-8-5-4-6-9-15)20(24)19(14-17)18-10-7-11-23-21(18)25/h4-11,13-14,24H,12H2,1-3H3,(H,23,25). The van der Waals surface area contributed by atoms with Crippen LogP contribution < -0.4 is 5.56 Å². The zero-order valence-corrected chi connectivity index (χ0v) is 14.8. The zero-order chi connectivity index (χ0) is 18.0. The summed E-state index contributed by atoms with van der Waals surface area (Å²) in [5.41, 5.74) is 3.83. The summed E-state index contributed by atoms with van der Waals surface area (Å²) in [6, 6.07) is 17.5. The van der Waals surface area contributed by atoms with Crippen LogP contribution in [0.3, 0.4) is 0 Å². The van der Waals surface area contributed by atoms with E-state index < -0.39 is 0 Å². The average Bonchev–Trinajstić information content (AvgIpc) is 2.57. The summed E-state index contributed by atoms with van der Waals surface area (Å²) < 4.78 is 0. The van der Waals surface area contributed by atoms with Gasteiger partial charge in [0, 0.05) is 18.2 Å². The number of hydrogen-bond donors (Lipinski definition) is 2. The molecule has 2 aromatic carbocycles. The highest BCUT2D eigenvalue weighted by Crippen LogP contribution is 2.37. The molecule has 25 heavy (non-hydrogen) atoms. The molecule has 3 heteroatoms. The molecule has 0 unspecified atom stereocenters. The summed E-state index contributed by atoms with van der Waals surface area (Å²) >= 11 is 0. The van der Waals surface area contributed by atoms with Crippen LogP contribution in [0, 0.1) is 0 Å². The van der Waals surface area contributed by atoms with Gasteiger partial charge in [-0.25, -0.2) is 0 Å². The lowest BCUT2D eigenvalue weighted by Gasteiger charge is -2.22. The van der Waals surface area contributed by atoms with Crippen LogP contribution in [0.1, 0.15) is 37.5 Å². The second-order valence-electron chi connectivity index (χ2n) is 7.36. The summed E-state index contributed by atoms with van der Waals surface area (Å²) in [6.07, 6.45) is 2.22. The van der Waals surface area contributed by atoms with Crippen LogP contribution in [-0.4, -0.2) is 10.1 Å². The molecule has 0 aliphatic carbocycles. The molecule has 1 heterocycles. The number of phenols is 1. The maximum Gasteiger partial charge on any atom is 0.255 e. The van der Waals surface area contributed by atoms with Gasteiger partial charge in [-0.15, -0.1) is 0 Å². The largest absolute Gasteiger partial charge is 0.507 e. The number of aromatic hydroxyl groups is 1. The molecule has 3 aromatic rings. The van der Waals surface area contributed by atoms with Crippen molar-refractivity contribution in [1.29, 1.82) is 0 Å². The van der Waals surface area contributed by atoms with Crippen molar-refractivity contribution >= 4 is 0 Å². The third-order valence-corrected chi connectivity index (χ3v) is 4.40. The summed E-state index contributed by atoms with van der Waals surface area (Å²) in [7, 11) is 0. The van der Waals surface area contributed by atoms with Crippen LogP contribution in [0.15, 0.2) is 65.6 Å². The summed E-state index contributed by atoms with van der Waals surface area (Å²) in [6.45, 7) is 6.39. The number of H-pyrrole nitrogens is 1. The van der Waals surface area contributed by atoms with E-state index in [4.69, 9.17) is 0 Å². The predicted octanol–water partition coefficient (Wildman–Crippen LogP) is 4.64. The first-order valence-corrected chi connectivity index (χ1v) is 8.44. The highest BCUT2D eigenvalue weighted by Gasteiger charge is 2.20. The second-order valence-corrected chi connectivity index (χ2v) is 7.36. The quantitative estimate of drug-likeness (QED) is 0.734. The lowest BCUT2D eigenvalue weighted by molar-refractivity contribution is 0.470. The molecule has 0 saturated carbocycles. The predicted molar refractivity (Wildman–Crippen MR) is 102 cm³/mol. The molecular formula is C22H23NO2. The van der Waals surface area contributed by atoms with E-state index in [1.165, 1.54) is 0 Å². The first-order chi connectivity index (χ1) is 11.9. The van der Waals surface area contributed by atoms with Crippen LogP contribution in [0.2, 0.25) is 0 Å². The van der Waals surface area contributed by atoms with Crippen molar-refractivity contribution in [2.75, 3.05) is 0 Å². The molecule has 0 fully saturated rings. The Morgan fingerprint density at radius 1 is 0.960 bits per heavy atom. The Morgan fingerprint density at radius 2 is 1.68 bits per heavy atom. The van der Waals surface area contributed by atoms with Gasteiger partial charge in [0.2, 0.25) is 0 Å². The van der Waals surface area contributed by atoms with E-state index in [9.17, 15) is 9.90 Å². The Balaban J connectivity index is 2.20. The molecule has 2 N–H and O–H groups in total. The van der Waals surface area contributed by atoms with Crippen LogP contribution in [-0.2, 0) is 11.8 Å². The van der Waals surface area contributed by atoms with Gasteiger partial charge in [-0.1, -0.05) is 57.2 Å². The van der Waals surface area contributed by atoms with Gasteiger partial charge in [0.1, 0.15) is 5.75 Å². The Labute approximate surface area is 148 Å². The minimum atomic E-state index is -0.200. The first kappa shape index (κ1) is 17.0. The number of phenolic OH excluding ortho intramolecular Hbond substituents is 1. The monoisotopic (exact) mass is 333 g/mol. The molecule has 0 atom stereocenters. The van der Waals surface area contributed by atoms with Crippen molar-refractivity contribution in [3.63, 3.8) is 0 Å². The normalized spacial score (nSPS) is 11.5. The van der Waals surface area contributed by atoms with E-state index in [1.807, 2.05) is 42.5 Å². The van der Waals surface area contributed by atoms with E-state index in [0.717, 1.165) is 16.7 Å². The fourth-order valence-electron chi connectivity index (χ4n) is 2.92. The molecule has 0 radical (unpaired) electrons. The van der Waals surface area contributed by atoms with E-state index in [0.29, 0.717) is 17.5 Å². The fraction of sp³-hybridized carbons (Fsp3) is 0.227. The van der Waals surface area contributed by atoms with Gasteiger partial charge in [-0.2, -0.15) is 0 Å². The third-order valence-electron chi connectivity index (χ3n) is 4.40. The van der Waals surface area contributed by atoms with E-state index in [1.54, 1.807) is 18.3 Å². The highest BCUT2D eigenvalue weighted by atomic mass is 16.3. The molecule has 0 amide bonds. The van der Waals surface area contributed by atoms with Gasteiger partial charge in [0.25, 0.3) is 5.56 Å². The maximum absolute atomic E-state index is 12.2. The molecule has 0 spiro atoms. The third kappa shape index (κ3) is 3.66.